The molecule has 0 saturated heterocycles. The van der Waals surface area contributed by atoms with E-state index in [2.05, 4.69) is 59.8 Å². The molecule has 9 heteroatoms. The largest absolute Gasteiger partial charge is 0.544 e. The summed E-state index contributed by atoms with van der Waals surface area (Å²) < 4.78 is 36.2. The number of hydrogen-bond donors (Lipinski definition) is 0. The van der Waals surface area contributed by atoms with Crippen LogP contribution in [0.4, 0.5) is 5.69 Å². The number of benzene rings is 2. The van der Waals surface area contributed by atoms with Crippen molar-refractivity contribution in [2.24, 2.45) is 5.92 Å². The van der Waals surface area contributed by atoms with Gasteiger partial charge in [-0.2, -0.15) is 0 Å². The molecule has 1 aliphatic carbocycles. The molecule has 1 heterocycles. The Balaban J connectivity index is 1.79. The maximum absolute atomic E-state index is 13.8. The lowest BCUT2D eigenvalue weighted by atomic mass is 9.88. The Morgan fingerprint density at radius 1 is 0.919 bits per heavy atom. The van der Waals surface area contributed by atoms with Crippen molar-refractivity contribution in [2.75, 3.05) is 0 Å². The Labute approximate surface area is 221 Å². The van der Waals surface area contributed by atoms with Gasteiger partial charge in [0, 0.05) is 30.2 Å². The summed E-state index contributed by atoms with van der Waals surface area (Å²) in [6.07, 6.45) is 5.73. The first-order valence-electron chi connectivity index (χ1n) is 12.8. The first-order valence-corrected chi connectivity index (χ1v) is 16.4. The number of non-ortho nitro benzene ring substituents is 1. The summed E-state index contributed by atoms with van der Waals surface area (Å²) in [5.41, 5.74) is 1.95. The van der Waals surface area contributed by atoms with Crippen LogP contribution in [-0.2, 0) is 14.4 Å². The van der Waals surface area contributed by atoms with E-state index in [0.29, 0.717) is 16.6 Å². The first kappa shape index (κ1) is 27.1. The van der Waals surface area contributed by atoms with Gasteiger partial charge in [-0.1, -0.05) is 78.0 Å². The molecule has 4 rings (SSSR count). The van der Waals surface area contributed by atoms with Crippen LogP contribution in [0.1, 0.15) is 53.0 Å². The van der Waals surface area contributed by atoms with Crippen LogP contribution in [0.5, 0.6) is 0 Å². The minimum absolute atomic E-state index is 0.0194. The molecule has 0 fully saturated rings. The second-order valence-electron chi connectivity index (χ2n) is 10.9. The SMILES string of the molecule is CC(C)[Si](OC1=C[C@H](c2ccccc2)[C@@H]2C=CN(S(=O)(=O)c3ccc([N+](=O)[O-])cc3)[C@H]12)(C(C)C)C(C)C. The van der Waals surface area contributed by atoms with E-state index < -0.39 is 29.3 Å². The lowest BCUT2D eigenvalue weighted by molar-refractivity contribution is -0.384. The molecule has 0 amide bonds. The van der Waals surface area contributed by atoms with E-state index in [1.807, 2.05) is 24.3 Å². The minimum Gasteiger partial charge on any atom is -0.544 e. The quantitative estimate of drug-likeness (QED) is 0.195. The van der Waals surface area contributed by atoms with Crippen LogP contribution in [0.2, 0.25) is 16.6 Å². The lowest BCUT2D eigenvalue weighted by Gasteiger charge is -2.44. The third-order valence-corrected chi connectivity index (χ3v) is 15.7. The third kappa shape index (κ3) is 4.63. The van der Waals surface area contributed by atoms with Crippen molar-refractivity contribution < 1.29 is 17.8 Å². The minimum atomic E-state index is -3.97. The molecule has 198 valence electrons. The van der Waals surface area contributed by atoms with Crippen LogP contribution in [0.15, 0.2) is 83.6 Å². The van der Waals surface area contributed by atoms with Crippen molar-refractivity contribution >= 4 is 24.0 Å². The molecule has 37 heavy (non-hydrogen) atoms. The zero-order valence-electron chi connectivity index (χ0n) is 22.2. The highest BCUT2D eigenvalue weighted by atomic mass is 32.2. The number of hydrogen-bond acceptors (Lipinski definition) is 5. The van der Waals surface area contributed by atoms with E-state index in [0.717, 1.165) is 11.3 Å². The molecule has 0 bridgehead atoms. The fraction of sp³-hybridized carbons (Fsp3) is 0.429. The number of nitro benzene ring substituents is 1. The number of allylic oxidation sites excluding steroid dienone is 1. The number of sulfonamides is 1. The Hall–Kier alpha value is -2.91. The van der Waals surface area contributed by atoms with Crippen molar-refractivity contribution in [3.63, 3.8) is 0 Å². The fourth-order valence-corrected chi connectivity index (χ4v) is 13.1. The van der Waals surface area contributed by atoms with Crippen LogP contribution in [0, 0.1) is 16.0 Å². The Bertz CT molecular complexity index is 1280. The van der Waals surface area contributed by atoms with Gasteiger partial charge in [0.2, 0.25) is 0 Å². The van der Waals surface area contributed by atoms with Crippen molar-refractivity contribution in [3.8, 4) is 0 Å². The maximum atomic E-state index is 13.8. The van der Waals surface area contributed by atoms with Gasteiger partial charge in [-0.3, -0.25) is 14.4 Å². The summed E-state index contributed by atoms with van der Waals surface area (Å²) in [6, 6.07) is 14.7. The molecule has 2 aliphatic rings. The molecule has 2 aromatic carbocycles. The second-order valence-corrected chi connectivity index (χ2v) is 18.1. The molecule has 2 aromatic rings. The van der Waals surface area contributed by atoms with Crippen molar-refractivity contribution in [3.05, 3.63) is 94.4 Å². The predicted octanol–water partition coefficient (Wildman–Crippen LogP) is 6.97. The molecular weight excluding hydrogens is 504 g/mol. The van der Waals surface area contributed by atoms with Crippen molar-refractivity contribution in [1.82, 2.24) is 4.31 Å². The van der Waals surface area contributed by atoms with Crippen LogP contribution in [-0.4, -0.2) is 32.0 Å². The van der Waals surface area contributed by atoms with Crippen molar-refractivity contribution in [2.45, 2.75) is 75.0 Å². The predicted molar refractivity (Wildman–Crippen MR) is 148 cm³/mol. The summed E-state index contributed by atoms with van der Waals surface area (Å²) in [5, 5.41) is 11.1. The van der Waals surface area contributed by atoms with E-state index in [1.165, 1.54) is 28.6 Å². The molecule has 0 unspecified atom stereocenters. The summed E-state index contributed by atoms with van der Waals surface area (Å²) in [4.78, 5) is 10.6. The highest BCUT2D eigenvalue weighted by Crippen LogP contribution is 2.51. The number of nitrogens with zero attached hydrogens (tertiary/aromatic N) is 2. The van der Waals surface area contributed by atoms with Gasteiger partial charge in [-0.15, -0.1) is 0 Å². The van der Waals surface area contributed by atoms with E-state index in [-0.39, 0.29) is 22.4 Å². The molecule has 0 radical (unpaired) electrons. The molecule has 0 aromatic heterocycles. The topological polar surface area (TPSA) is 89.8 Å². The van der Waals surface area contributed by atoms with Gasteiger partial charge in [0.05, 0.1) is 9.82 Å². The number of rotatable bonds is 9. The normalized spacial score (nSPS) is 21.6. The Kier molecular flexibility index (Phi) is 7.40. The zero-order valence-corrected chi connectivity index (χ0v) is 24.1. The van der Waals surface area contributed by atoms with Crippen molar-refractivity contribution in [1.29, 1.82) is 0 Å². The smallest absolute Gasteiger partial charge is 0.269 e. The van der Waals surface area contributed by atoms with E-state index >= 15 is 0 Å². The molecule has 7 nitrogen and oxygen atoms in total. The van der Waals surface area contributed by atoms with Crippen LogP contribution in [0.3, 0.4) is 0 Å². The van der Waals surface area contributed by atoms with Gasteiger partial charge >= 0.3 is 0 Å². The van der Waals surface area contributed by atoms with Gasteiger partial charge in [0.1, 0.15) is 11.8 Å². The lowest BCUT2D eigenvalue weighted by Crippen LogP contribution is -2.49. The van der Waals surface area contributed by atoms with Gasteiger partial charge in [0.25, 0.3) is 24.0 Å². The highest BCUT2D eigenvalue weighted by molar-refractivity contribution is 7.89. The van der Waals surface area contributed by atoms with E-state index in [9.17, 15) is 18.5 Å². The van der Waals surface area contributed by atoms with E-state index in [4.69, 9.17) is 4.43 Å². The summed E-state index contributed by atoms with van der Waals surface area (Å²) in [5.74, 6) is 0.591. The first-order chi connectivity index (χ1) is 17.4. The second kappa shape index (κ2) is 10.1. The molecule has 3 atom stereocenters. The van der Waals surface area contributed by atoms with Gasteiger partial charge in [-0.05, 0) is 40.4 Å². The fourth-order valence-electron chi connectivity index (χ4n) is 6.31. The summed E-state index contributed by atoms with van der Waals surface area (Å²) in [6.45, 7) is 13.3. The third-order valence-electron chi connectivity index (χ3n) is 7.95. The average molecular weight is 541 g/mol. The van der Waals surface area contributed by atoms with Crippen LogP contribution in [0.25, 0.3) is 0 Å². The number of fused-ring (bicyclic) bond motifs is 1. The van der Waals surface area contributed by atoms with Crippen LogP contribution < -0.4 is 0 Å². The standard InChI is InChI=1S/C28H36N2O5SSi/c1-19(2)37(20(3)4,21(5)6)35-27-18-26(22-10-8-7-9-11-22)25-16-17-29(28(25)27)36(33,34)24-14-12-23(13-15-24)30(31)32/h7-21,25-26,28H,1-6H3/t25-,26+,28-/m0/s1. The van der Waals surface area contributed by atoms with Gasteiger partial charge in [-0.25, -0.2) is 8.42 Å². The monoisotopic (exact) mass is 540 g/mol. The average Bonchev–Trinajstić information content (AvgIpc) is 3.44. The number of nitro groups is 1. The van der Waals surface area contributed by atoms with Crippen LogP contribution >= 0.6 is 0 Å². The Morgan fingerprint density at radius 2 is 1.49 bits per heavy atom. The highest BCUT2D eigenvalue weighted by Gasteiger charge is 2.53. The molecule has 0 saturated carbocycles. The van der Waals surface area contributed by atoms with E-state index in [1.54, 1.807) is 6.20 Å². The molecule has 0 N–H and O–H groups in total. The molecular formula is C28H36N2O5SSi. The Morgan fingerprint density at radius 3 is 2.00 bits per heavy atom. The molecule has 0 spiro atoms. The van der Waals surface area contributed by atoms with Gasteiger partial charge in [0.15, 0.2) is 0 Å². The molecule has 1 aliphatic heterocycles. The zero-order chi connectivity index (χ0) is 27.1. The maximum Gasteiger partial charge on any atom is 0.269 e. The summed E-state index contributed by atoms with van der Waals surface area (Å²) >= 11 is 0. The van der Waals surface area contributed by atoms with Gasteiger partial charge < -0.3 is 4.43 Å². The summed E-state index contributed by atoms with van der Waals surface area (Å²) in [7, 11) is -6.34.